The summed E-state index contributed by atoms with van der Waals surface area (Å²) < 4.78 is 13.0. The van der Waals surface area contributed by atoms with Gasteiger partial charge in [0.2, 0.25) is 0 Å². The molecule has 2 N–H and O–H groups in total. The van der Waals surface area contributed by atoms with Gasteiger partial charge in [-0.05, 0) is 32.0 Å². The second kappa shape index (κ2) is 7.19. The number of hydrogen-bond donors (Lipinski definition) is 1. The molecule has 0 aliphatic rings. The summed E-state index contributed by atoms with van der Waals surface area (Å²) in [5, 5.41) is 4.34. The van der Waals surface area contributed by atoms with Crippen molar-refractivity contribution in [3.05, 3.63) is 48.3 Å². The van der Waals surface area contributed by atoms with Gasteiger partial charge in [-0.25, -0.2) is 4.68 Å². The summed E-state index contributed by atoms with van der Waals surface area (Å²) in [6, 6.07) is 11.4. The molecule has 20 heavy (non-hydrogen) atoms. The fraction of sp³-hybridized carbons (Fsp3) is 0.400. The monoisotopic (exact) mass is 275 g/mol. The van der Waals surface area contributed by atoms with E-state index in [1.165, 1.54) is 0 Å². The molecular formula is C15H21N3O2. The first-order chi connectivity index (χ1) is 9.77. The number of nitrogens with zero attached hydrogens (tertiary/aromatic N) is 2. The second-order valence-electron chi connectivity index (χ2n) is 4.31. The number of aromatic nitrogens is 2. The largest absolute Gasteiger partial charge is 0.351 e. The highest BCUT2D eigenvalue weighted by molar-refractivity contribution is 5.33. The number of benzene rings is 1. The maximum absolute atomic E-state index is 6.28. The zero-order valence-electron chi connectivity index (χ0n) is 11.9. The van der Waals surface area contributed by atoms with Crippen LogP contribution in [-0.2, 0) is 9.47 Å². The van der Waals surface area contributed by atoms with Crippen molar-refractivity contribution in [2.75, 3.05) is 13.2 Å². The topological polar surface area (TPSA) is 62.3 Å². The lowest BCUT2D eigenvalue weighted by Crippen LogP contribution is -2.33. The molecule has 1 heterocycles. The maximum atomic E-state index is 6.28. The van der Waals surface area contributed by atoms with E-state index in [0.717, 1.165) is 11.4 Å². The van der Waals surface area contributed by atoms with Gasteiger partial charge in [0.1, 0.15) is 0 Å². The van der Waals surface area contributed by atoms with Gasteiger partial charge in [-0.2, -0.15) is 5.10 Å². The fourth-order valence-electron chi connectivity index (χ4n) is 2.07. The van der Waals surface area contributed by atoms with Crippen molar-refractivity contribution < 1.29 is 9.47 Å². The van der Waals surface area contributed by atoms with Crippen LogP contribution in [0.15, 0.2) is 42.6 Å². The zero-order chi connectivity index (χ0) is 14.4. The van der Waals surface area contributed by atoms with Crippen LogP contribution in [0.25, 0.3) is 5.69 Å². The minimum absolute atomic E-state index is 0.391. The van der Waals surface area contributed by atoms with E-state index >= 15 is 0 Å². The van der Waals surface area contributed by atoms with Crippen LogP contribution in [0.2, 0.25) is 0 Å². The van der Waals surface area contributed by atoms with E-state index in [4.69, 9.17) is 15.2 Å². The van der Waals surface area contributed by atoms with Gasteiger partial charge in [0.15, 0.2) is 6.29 Å². The second-order valence-corrected chi connectivity index (χ2v) is 4.31. The van der Waals surface area contributed by atoms with E-state index in [0.29, 0.717) is 13.2 Å². The molecule has 108 valence electrons. The number of para-hydroxylation sites is 1. The molecule has 0 fully saturated rings. The Kier molecular flexibility index (Phi) is 5.29. The summed E-state index contributed by atoms with van der Waals surface area (Å²) in [6.45, 7) is 4.95. The van der Waals surface area contributed by atoms with Crippen molar-refractivity contribution in [3.63, 3.8) is 0 Å². The molecule has 5 heteroatoms. The van der Waals surface area contributed by atoms with Crippen LogP contribution < -0.4 is 5.73 Å². The molecule has 1 aromatic carbocycles. The molecule has 1 aromatic heterocycles. The van der Waals surface area contributed by atoms with Gasteiger partial charge in [-0.1, -0.05) is 18.2 Å². The van der Waals surface area contributed by atoms with Crippen molar-refractivity contribution in [3.8, 4) is 5.69 Å². The number of nitrogens with two attached hydrogens (primary N) is 1. The summed E-state index contributed by atoms with van der Waals surface area (Å²) in [7, 11) is 0. The van der Waals surface area contributed by atoms with E-state index in [1.54, 1.807) is 6.20 Å². The summed E-state index contributed by atoms with van der Waals surface area (Å²) in [5.41, 5.74) is 8.11. The first-order valence-corrected chi connectivity index (χ1v) is 6.86. The van der Waals surface area contributed by atoms with Crippen molar-refractivity contribution in [1.82, 2.24) is 9.78 Å². The molecule has 1 unspecified atom stereocenters. The van der Waals surface area contributed by atoms with Crippen molar-refractivity contribution in [2.24, 2.45) is 5.73 Å². The molecule has 0 saturated carbocycles. The molecule has 0 radical (unpaired) electrons. The Labute approximate surface area is 119 Å². The van der Waals surface area contributed by atoms with E-state index in [1.807, 2.05) is 54.9 Å². The molecule has 0 amide bonds. The van der Waals surface area contributed by atoms with Crippen molar-refractivity contribution >= 4 is 0 Å². The average Bonchev–Trinajstić information content (AvgIpc) is 2.96. The highest BCUT2D eigenvalue weighted by Gasteiger charge is 2.23. The van der Waals surface area contributed by atoms with Gasteiger partial charge >= 0.3 is 0 Å². The van der Waals surface area contributed by atoms with Gasteiger partial charge in [0.25, 0.3) is 0 Å². The molecule has 0 aliphatic heterocycles. The third-order valence-corrected chi connectivity index (χ3v) is 2.97. The van der Waals surface area contributed by atoms with E-state index in [-0.39, 0.29) is 0 Å². The van der Waals surface area contributed by atoms with Crippen LogP contribution in [0.5, 0.6) is 0 Å². The predicted molar refractivity (Wildman–Crippen MR) is 77.5 cm³/mol. The molecule has 0 aliphatic carbocycles. The highest BCUT2D eigenvalue weighted by atomic mass is 16.7. The SMILES string of the molecule is CCOC(OCC)C(N)c1ccnn1-c1ccccc1. The number of hydrogen-bond acceptors (Lipinski definition) is 4. The lowest BCUT2D eigenvalue weighted by atomic mass is 10.2. The third kappa shape index (κ3) is 3.25. The Hall–Kier alpha value is -1.69. The zero-order valence-corrected chi connectivity index (χ0v) is 11.9. The normalized spacial score (nSPS) is 12.8. The Morgan fingerprint density at radius 2 is 1.75 bits per heavy atom. The van der Waals surface area contributed by atoms with Crippen LogP contribution in [0.1, 0.15) is 25.6 Å². The van der Waals surface area contributed by atoms with Gasteiger partial charge in [0.05, 0.1) is 17.4 Å². The Morgan fingerprint density at radius 3 is 2.35 bits per heavy atom. The molecule has 0 saturated heterocycles. The lowest BCUT2D eigenvalue weighted by molar-refractivity contribution is -0.150. The number of ether oxygens (including phenoxy) is 2. The summed E-state index contributed by atoms with van der Waals surface area (Å²) in [6.07, 6.45) is 1.26. The Bertz CT molecular complexity index is 507. The van der Waals surface area contributed by atoms with Crippen molar-refractivity contribution in [1.29, 1.82) is 0 Å². The molecule has 5 nitrogen and oxygen atoms in total. The van der Waals surface area contributed by atoms with Crippen LogP contribution in [-0.4, -0.2) is 29.3 Å². The minimum Gasteiger partial charge on any atom is -0.351 e. The Morgan fingerprint density at radius 1 is 1.10 bits per heavy atom. The fourth-order valence-corrected chi connectivity index (χ4v) is 2.07. The highest BCUT2D eigenvalue weighted by Crippen LogP contribution is 2.20. The first kappa shape index (κ1) is 14.7. The minimum atomic E-state index is -0.468. The van der Waals surface area contributed by atoms with Gasteiger partial charge < -0.3 is 15.2 Å². The van der Waals surface area contributed by atoms with E-state index in [2.05, 4.69) is 5.10 Å². The average molecular weight is 275 g/mol. The first-order valence-electron chi connectivity index (χ1n) is 6.86. The quantitative estimate of drug-likeness (QED) is 0.787. The maximum Gasteiger partial charge on any atom is 0.178 e. The van der Waals surface area contributed by atoms with Crippen LogP contribution in [0.4, 0.5) is 0 Å². The predicted octanol–water partition coefficient (Wildman–Crippen LogP) is 2.27. The van der Waals surface area contributed by atoms with Gasteiger partial charge in [-0.3, -0.25) is 0 Å². The smallest absolute Gasteiger partial charge is 0.178 e. The molecule has 0 bridgehead atoms. The summed E-state index contributed by atoms with van der Waals surface area (Å²) in [4.78, 5) is 0. The Balaban J connectivity index is 2.26. The summed E-state index contributed by atoms with van der Waals surface area (Å²) in [5.74, 6) is 0. The van der Waals surface area contributed by atoms with Crippen LogP contribution >= 0.6 is 0 Å². The lowest BCUT2D eigenvalue weighted by Gasteiger charge is -2.24. The van der Waals surface area contributed by atoms with Crippen LogP contribution in [0, 0.1) is 0 Å². The third-order valence-electron chi connectivity index (χ3n) is 2.97. The molecule has 1 atom stereocenters. The van der Waals surface area contributed by atoms with Gasteiger partial charge in [0, 0.05) is 19.4 Å². The summed E-state index contributed by atoms with van der Waals surface area (Å²) >= 11 is 0. The molecule has 0 spiro atoms. The van der Waals surface area contributed by atoms with E-state index in [9.17, 15) is 0 Å². The van der Waals surface area contributed by atoms with E-state index < -0.39 is 12.3 Å². The molecule has 2 rings (SSSR count). The van der Waals surface area contributed by atoms with Crippen LogP contribution in [0.3, 0.4) is 0 Å². The van der Waals surface area contributed by atoms with Crippen molar-refractivity contribution in [2.45, 2.75) is 26.2 Å². The molecule has 2 aromatic rings. The number of rotatable bonds is 7. The standard InChI is InChI=1S/C15H21N3O2/c1-3-19-15(20-4-2)14(16)13-10-11-17-18(13)12-8-6-5-7-9-12/h5-11,14-15H,3-4,16H2,1-2H3. The van der Waals surface area contributed by atoms with Gasteiger partial charge in [-0.15, -0.1) is 0 Å². The molecular weight excluding hydrogens is 254 g/mol.